The van der Waals surface area contributed by atoms with Crippen LogP contribution in [0.15, 0.2) is 48.5 Å². The first-order valence-corrected chi connectivity index (χ1v) is 10.4. The largest absolute Gasteiger partial charge is 0.484 e. The number of nitrogens with one attached hydrogen (secondary N) is 1. The fourth-order valence-electron chi connectivity index (χ4n) is 2.58. The molecule has 7 heteroatoms. The third-order valence-electron chi connectivity index (χ3n) is 4.02. The number of nitrogens with zero attached hydrogens (tertiary/aromatic N) is 1. The second-order valence-corrected chi connectivity index (χ2v) is 8.42. The van der Waals surface area contributed by atoms with Gasteiger partial charge in [0.25, 0.3) is 5.91 Å². The van der Waals surface area contributed by atoms with E-state index >= 15 is 0 Å². The molecule has 1 N–H and O–H groups in total. The minimum Gasteiger partial charge on any atom is -0.484 e. The predicted octanol–water partition coefficient (Wildman–Crippen LogP) is 4.27. The summed E-state index contributed by atoms with van der Waals surface area (Å²) in [6, 6.07) is 14.0. The van der Waals surface area contributed by atoms with Gasteiger partial charge in [-0.3, -0.25) is 9.59 Å². The van der Waals surface area contributed by atoms with Crippen LogP contribution in [0.4, 0.5) is 0 Å². The molecule has 28 heavy (non-hydrogen) atoms. The predicted molar refractivity (Wildman–Crippen MR) is 119 cm³/mol. The van der Waals surface area contributed by atoms with Gasteiger partial charge >= 0.3 is 0 Å². The van der Waals surface area contributed by atoms with Crippen molar-refractivity contribution in [1.82, 2.24) is 10.2 Å². The van der Waals surface area contributed by atoms with Gasteiger partial charge in [-0.15, -0.1) is 0 Å². The maximum absolute atomic E-state index is 12.9. The van der Waals surface area contributed by atoms with Gasteiger partial charge < -0.3 is 15.0 Å². The molecule has 2 aromatic rings. The average molecular weight is 515 g/mol. The average Bonchev–Trinajstić information content (AvgIpc) is 2.64. The normalized spacial score (nSPS) is 11.8. The molecule has 0 heterocycles. The highest BCUT2D eigenvalue weighted by Crippen LogP contribution is 2.17. The molecule has 5 nitrogen and oxygen atoms in total. The number of carbonyl (C=O) groups excluding carboxylic acids is 2. The van der Waals surface area contributed by atoms with E-state index in [1.54, 1.807) is 19.1 Å². The SMILES string of the molecule is CC(C)NC(=O)[C@H](C)N(Cc1cccc(Cl)c1)C(=O)COc1ccc(I)cc1. The van der Waals surface area contributed by atoms with Crippen LogP contribution in [-0.4, -0.2) is 35.4 Å². The van der Waals surface area contributed by atoms with Crippen molar-refractivity contribution in [2.75, 3.05) is 6.61 Å². The van der Waals surface area contributed by atoms with E-state index in [1.807, 2.05) is 50.2 Å². The number of ether oxygens (including phenoxy) is 1. The Morgan fingerprint density at radius 2 is 1.82 bits per heavy atom. The molecule has 0 spiro atoms. The number of amides is 2. The molecule has 2 aromatic carbocycles. The van der Waals surface area contributed by atoms with Crippen LogP contribution in [0.2, 0.25) is 5.02 Å². The molecule has 2 rings (SSSR count). The molecule has 150 valence electrons. The zero-order valence-electron chi connectivity index (χ0n) is 16.1. The van der Waals surface area contributed by atoms with Gasteiger partial charge in [0.05, 0.1) is 0 Å². The van der Waals surface area contributed by atoms with E-state index in [-0.39, 0.29) is 31.0 Å². The lowest BCUT2D eigenvalue weighted by atomic mass is 10.1. The van der Waals surface area contributed by atoms with E-state index in [4.69, 9.17) is 16.3 Å². The van der Waals surface area contributed by atoms with E-state index in [0.717, 1.165) is 9.13 Å². The molecule has 0 saturated heterocycles. The molecule has 0 fully saturated rings. The van der Waals surface area contributed by atoms with Crippen molar-refractivity contribution in [3.8, 4) is 5.75 Å². The highest BCUT2D eigenvalue weighted by molar-refractivity contribution is 14.1. The van der Waals surface area contributed by atoms with Gasteiger partial charge in [-0.1, -0.05) is 23.7 Å². The third-order valence-corrected chi connectivity index (χ3v) is 4.97. The zero-order valence-corrected chi connectivity index (χ0v) is 19.0. The number of hydrogen-bond acceptors (Lipinski definition) is 3. The standard InChI is InChI=1S/C21H24ClIN2O3/c1-14(2)24-21(27)15(3)25(12-16-5-4-6-17(22)11-16)20(26)13-28-19-9-7-18(23)8-10-19/h4-11,14-15H,12-13H2,1-3H3,(H,24,27)/t15-/m0/s1. The van der Waals surface area contributed by atoms with Gasteiger partial charge in [0, 0.05) is 21.2 Å². The van der Waals surface area contributed by atoms with Crippen molar-refractivity contribution < 1.29 is 14.3 Å². The minimum atomic E-state index is -0.644. The van der Waals surface area contributed by atoms with Gasteiger partial charge in [-0.25, -0.2) is 0 Å². The third kappa shape index (κ3) is 6.98. The van der Waals surface area contributed by atoms with Crippen LogP contribution in [0.3, 0.4) is 0 Å². The molecule has 1 atom stereocenters. The van der Waals surface area contributed by atoms with Crippen LogP contribution in [0.25, 0.3) is 0 Å². The Bertz CT molecular complexity index is 812. The Hall–Kier alpha value is -1.80. The van der Waals surface area contributed by atoms with Crippen molar-refractivity contribution in [2.45, 2.75) is 39.4 Å². The van der Waals surface area contributed by atoms with Gasteiger partial charge in [-0.05, 0) is 85.3 Å². The van der Waals surface area contributed by atoms with Crippen LogP contribution in [0.5, 0.6) is 5.75 Å². The van der Waals surface area contributed by atoms with Crippen molar-refractivity contribution in [3.05, 3.63) is 62.7 Å². The lowest BCUT2D eigenvalue weighted by molar-refractivity contribution is -0.142. The summed E-state index contributed by atoms with van der Waals surface area (Å²) in [5.41, 5.74) is 0.847. The molecule has 0 aliphatic rings. The fourth-order valence-corrected chi connectivity index (χ4v) is 3.15. The van der Waals surface area contributed by atoms with Crippen LogP contribution in [-0.2, 0) is 16.1 Å². The first-order valence-electron chi connectivity index (χ1n) is 8.99. The Kier molecular flexibility index (Phi) is 8.57. The van der Waals surface area contributed by atoms with Crippen LogP contribution in [0.1, 0.15) is 26.3 Å². The maximum Gasteiger partial charge on any atom is 0.261 e. The van der Waals surface area contributed by atoms with Crippen molar-refractivity contribution in [1.29, 1.82) is 0 Å². The smallest absolute Gasteiger partial charge is 0.261 e. The number of carbonyl (C=O) groups is 2. The summed E-state index contributed by atoms with van der Waals surface area (Å²) in [4.78, 5) is 26.9. The minimum absolute atomic E-state index is 0.0129. The van der Waals surface area contributed by atoms with Crippen molar-refractivity contribution in [3.63, 3.8) is 0 Å². The molecule has 0 aliphatic heterocycles. The lowest BCUT2D eigenvalue weighted by Gasteiger charge is -2.29. The van der Waals surface area contributed by atoms with E-state index in [9.17, 15) is 9.59 Å². The number of hydrogen-bond donors (Lipinski definition) is 1. The second kappa shape index (κ2) is 10.7. The molecule has 0 unspecified atom stereocenters. The first-order chi connectivity index (χ1) is 13.3. The number of halogens is 2. The van der Waals surface area contributed by atoms with Crippen molar-refractivity contribution >= 4 is 46.0 Å². The van der Waals surface area contributed by atoms with Crippen LogP contribution < -0.4 is 10.1 Å². The van der Waals surface area contributed by atoms with E-state index in [1.165, 1.54) is 4.90 Å². The Morgan fingerprint density at radius 3 is 2.43 bits per heavy atom. The topological polar surface area (TPSA) is 58.6 Å². The van der Waals surface area contributed by atoms with Gasteiger partial charge in [0.15, 0.2) is 6.61 Å². The number of benzene rings is 2. The zero-order chi connectivity index (χ0) is 20.7. The van der Waals surface area contributed by atoms with Crippen LogP contribution in [0, 0.1) is 3.57 Å². The molecule has 0 saturated carbocycles. The highest BCUT2D eigenvalue weighted by atomic mass is 127. The fraction of sp³-hybridized carbons (Fsp3) is 0.333. The molecule has 0 aromatic heterocycles. The Morgan fingerprint density at radius 1 is 1.14 bits per heavy atom. The quantitative estimate of drug-likeness (QED) is 0.536. The summed E-state index contributed by atoms with van der Waals surface area (Å²) < 4.78 is 6.71. The molecule has 2 amide bonds. The molecule has 0 aliphatic carbocycles. The van der Waals surface area contributed by atoms with Gasteiger partial charge in [-0.2, -0.15) is 0 Å². The monoisotopic (exact) mass is 514 g/mol. The molecule has 0 radical (unpaired) electrons. The molecular weight excluding hydrogens is 491 g/mol. The van der Waals surface area contributed by atoms with Gasteiger partial charge in [0.2, 0.25) is 5.91 Å². The Balaban J connectivity index is 2.14. The summed E-state index contributed by atoms with van der Waals surface area (Å²) in [5.74, 6) is 0.125. The first kappa shape index (κ1) is 22.5. The lowest BCUT2D eigenvalue weighted by Crippen LogP contribution is -2.50. The summed E-state index contributed by atoms with van der Waals surface area (Å²) in [6.45, 7) is 5.59. The summed E-state index contributed by atoms with van der Waals surface area (Å²) >= 11 is 8.27. The summed E-state index contributed by atoms with van der Waals surface area (Å²) in [5, 5.41) is 3.44. The highest BCUT2D eigenvalue weighted by Gasteiger charge is 2.26. The van der Waals surface area contributed by atoms with E-state index in [0.29, 0.717) is 10.8 Å². The Labute approximate surface area is 184 Å². The van der Waals surface area contributed by atoms with E-state index < -0.39 is 6.04 Å². The second-order valence-electron chi connectivity index (χ2n) is 6.73. The molecular formula is C21H24ClIN2O3. The summed E-state index contributed by atoms with van der Waals surface area (Å²) in [7, 11) is 0. The maximum atomic E-state index is 12.9. The van der Waals surface area contributed by atoms with Crippen molar-refractivity contribution in [2.24, 2.45) is 0 Å². The van der Waals surface area contributed by atoms with Gasteiger partial charge in [0.1, 0.15) is 11.8 Å². The summed E-state index contributed by atoms with van der Waals surface area (Å²) in [6.07, 6.45) is 0. The van der Waals surface area contributed by atoms with E-state index in [2.05, 4.69) is 27.9 Å². The molecule has 0 bridgehead atoms. The van der Waals surface area contributed by atoms with Crippen LogP contribution >= 0.6 is 34.2 Å². The number of rotatable bonds is 8.